The van der Waals surface area contributed by atoms with Gasteiger partial charge in [-0.1, -0.05) is 48.0 Å². The molecule has 0 saturated heterocycles. The molecular formula is C13H18BrF. The minimum atomic E-state index is -0.0912. The van der Waals surface area contributed by atoms with Crippen molar-refractivity contribution in [2.24, 2.45) is 5.92 Å². The lowest BCUT2D eigenvalue weighted by Crippen LogP contribution is -2.05. The molecule has 0 amide bonds. The molecule has 0 radical (unpaired) electrons. The van der Waals surface area contributed by atoms with Crippen LogP contribution in [-0.2, 0) is 6.42 Å². The second kappa shape index (κ2) is 6.26. The average molecular weight is 273 g/mol. The van der Waals surface area contributed by atoms with Gasteiger partial charge in [-0.2, -0.15) is 0 Å². The van der Waals surface area contributed by atoms with Gasteiger partial charge in [0, 0.05) is 4.83 Å². The van der Waals surface area contributed by atoms with Gasteiger partial charge < -0.3 is 0 Å². The van der Waals surface area contributed by atoms with Crippen LogP contribution in [0.3, 0.4) is 0 Å². The van der Waals surface area contributed by atoms with Gasteiger partial charge in [-0.25, -0.2) is 4.39 Å². The molecule has 2 heteroatoms. The van der Waals surface area contributed by atoms with E-state index in [1.54, 1.807) is 6.07 Å². The van der Waals surface area contributed by atoms with Crippen molar-refractivity contribution in [3.05, 3.63) is 35.6 Å². The summed E-state index contributed by atoms with van der Waals surface area (Å²) < 4.78 is 13.3. The van der Waals surface area contributed by atoms with Crippen molar-refractivity contribution in [2.45, 2.75) is 37.9 Å². The number of hydrogen-bond donors (Lipinski definition) is 0. The van der Waals surface area contributed by atoms with E-state index in [-0.39, 0.29) is 5.82 Å². The molecule has 0 aromatic heterocycles. The molecule has 84 valence electrons. The van der Waals surface area contributed by atoms with Gasteiger partial charge in [0.25, 0.3) is 0 Å². The van der Waals surface area contributed by atoms with Crippen molar-refractivity contribution in [3.8, 4) is 0 Å². The molecule has 15 heavy (non-hydrogen) atoms. The summed E-state index contributed by atoms with van der Waals surface area (Å²) in [5, 5.41) is 0. The average Bonchev–Trinajstić information content (AvgIpc) is 2.18. The number of hydrogen-bond acceptors (Lipinski definition) is 0. The summed E-state index contributed by atoms with van der Waals surface area (Å²) in [7, 11) is 0. The molecule has 0 bridgehead atoms. The topological polar surface area (TPSA) is 0 Å². The first-order valence-electron chi connectivity index (χ1n) is 5.47. The van der Waals surface area contributed by atoms with Gasteiger partial charge in [0.05, 0.1) is 0 Å². The lowest BCUT2D eigenvalue weighted by Gasteiger charge is -2.11. The third-order valence-corrected chi connectivity index (χ3v) is 3.24. The Morgan fingerprint density at radius 3 is 2.47 bits per heavy atom. The summed E-state index contributed by atoms with van der Waals surface area (Å²) in [4.78, 5) is 0.386. The highest BCUT2D eigenvalue weighted by Gasteiger charge is 2.09. The largest absolute Gasteiger partial charge is 0.207 e. The number of rotatable bonds is 5. The van der Waals surface area contributed by atoms with Crippen molar-refractivity contribution < 1.29 is 4.39 Å². The lowest BCUT2D eigenvalue weighted by atomic mass is 10.0. The Labute approximate surface area is 100 Å². The summed E-state index contributed by atoms with van der Waals surface area (Å²) in [5.74, 6) is 0.622. The first-order chi connectivity index (χ1) is 7.09. The third-order valence-electron chi connectivity index (χ3n) is 2.46. The Morgan fingerprint density at radius 1 is 1.20 bits per heavy atom. The van der Waals surface area contributed by atoms with Crippen LogP contribution in [0.25, 0.3) is 0 Å². The highest BCUT2D eigenvalue weighted by Crippen LogP contribution is 2.19. The quantitative estimate of drug-likeness (QED) is 0.689. The molecular weight excluding hydrogens is 255 g/mol. The molecule has 0 aliphatic carbocycles. The minimum absolute atomic E-state index is 0.0912. The van der Waals surface area contributed by atoms with Crippen molar-refractivity contribution in [2.75, 3.05) is 0 Å². The molecule has 0 nitrogen and oxygen atoms in total. The summed E-state index contributed by atoms with van der Waals surface area (Å²) in [6.07, 6.45) is 3.07. The Balaban J connectivity index is 2.44. The molecule has 0 aliphatic rings. The zero-order valence-corrected chi connectivity index (χ0v) is 10.9. The van der Waals surface area contributed by atoms with E-state index in [0.717, 1.165) is 18.4 Å². The Kier molecular flexibility index (Phi) is 5.30. The molecule has 1 atom stereocenters. The predicted molar refractivity (Wildman–Crippen MR) is 66.9 cm³/mol. The molecule has 0 fully saturated rings. The first-order valence-corrected chi connectivity index (χ1v) is 6.38. The van der Waals surface area contributed by atoms with Crippen molar-refractivity contribution in [3.63, 3.8) is 0 Å². The van der Waals surface area contributed by atoms with Gasteiger partial charge in [0.2, 0.25) is 0 Å². The van der Waals surface area contributed by atoms with E-state index in [2.05, 4.69) is 29.8 Å². The summed E-state index contributed by atoms with van der Waals surface area (Å²) in [6.45, 7) is 4.42. The van der Waals surface area contributed by atoms with E-state index >= 15 is 0 Å². The molecule has 0 aliphatic heterocycles. The van der Waals surface area contributed by atoms with E-state index < -0.39 is 0 Å². The molecule has 1 rings (SSSR count). The van der Waals surface area contributed by atoms with E-state index in [1.165, 1.54) is 12.5 Å². The fourth-order valence-electron chi connectivity index (χ4n) is 1.52. The zero-order chi connectivity index (χ0) is 11.3. The van der Waals surface area contributed by atoms with Gasteiger partial charge in [0.1, 0.15) is 5.82 Å². The summed E-state index contributed by atoms with van der Waals surface area (Å²) in [5.41, 5.74) is 0.808. The third kappa shape index (κ3) is 4.78. The van der Waals surface area contributed by atoms with E-state index in [1.807, 2.05) is 12.1 Å². The molecule has 1 aromatic carbocycles. The summed E-state index contributed by atoms with van der Waals surface area (Å²) in [6, 6.07) is 7.01. The van der Waals surface area contributed by atoms with E-state index in [9.17, 15) is 4.39 Å². The molecule has 0 N–H and O–H groups in total. The molecule has 0 spiro atoms. The molecule has 0 heterocycles. The minimum Gasteiger partial charge on any atom is -0.207 e. The van der Waals surface area contributed by atoms with E-state index in [4.69, 9.17) is 0 Å². The van der Waals surface area contributed by atoms with Crippen molar-refractivity contribution in [1.82, 2.24) is 0 Å². The highest BCUT2D eigenvalue weighted by molar-refractivity contribution is 9.09. The number of alkyl halides is 1. The smallest absolute Gasteiger partial charge is 0.126 e. The maximum absolute atomic E-state index is 13.3. The molecule has 1 aromatic rings. The first kappa shape index (κ1) is 12.7. The van der Waals surface area contributed by atoms with Gasteiger partial charge in [-0.05, 0) is 36.8 Å². The van der Waals surface area contributed by atoms with Crippen molar-refractivity contribution >= 4 is 15.9 Å². The van der Waals surface area contributed by atoms with Gasteiger partial charge >= 0.3 is 0 Å². The number of benzene rings is 1. The maximum atomic E-state index is 13.3. The van der Waals surface area contributed by atoms with Crippen molar-refractivity contribution in [1.29, 1.82) is 0 Å². The van der Waals surface area contributed by atoms with Crippen LogP contribution in [0.5, 0.6) is 0 Å². The van der Waals surface area contributed by atoms with Crippen LogP contribution in [0.2, 0.25) is 0 Å². The maximum Gasteiger partial charge on any atom is 0.126 e. The second-order valence-corrected chi connectivity index (χ2v) is 5.66. The fraction of sp³-hybridized carbons (Fsp3) is 0.538. The zero-order valence-electron chi connectivity index (χ0n) is 9.34. The van der Waals surface area contributed by atoms with Crippen LogP contribution in [0.4, 0.5) is 4.39 Å². The Bertz CT molecular complexity index is 296. The lowest BCUT2D eigenvalue weighted by molar-refractivity contribution is 0.541. The monoisotopic (exact) mass is 272 g/mol. The van der Waals surface area contributed by atoms with Gasteiger partial charge in [-0.15, -0.1) is 0 Å². The SMILES string of the molecule is CC(C)CCC(Br)Cc1ccccc1F. The Morgan fingerprint density at radius 2 is 1.87 bits per heavy atom. The van der Waals surface area contributed by atoms with Crippen LogP contribution in [0.1, 0.15) is 32.3 Å². The van der Waals surface area contributed by atoms with Crippen LogP contribution in [-0.4, -0.2) is 4.83 Å². The Hall–Kier alpha value is -0.370. The summed E-state index contributed by atoms with van der Waals surface area (Å²) >= 11 is 3.61. The normalized spacial score (nSPS) is 13.1. The van der Waals surface area contributed by atoms with Crippen LogP contribution < -0.4 is 0 Å². The molecule has 0 saturated carbocycles. The van der Waals surface area contributed by atoms with Crippen LogP contribution >= 0.6 is 15.9 Å². The molecule has 1 unspecified atom stereocenters. The second-order valence-electron chi connectivity index (χ2n) is 4.36. The van der Waals surface area contributed by atoms with Crippen LogP contribution in [0.15, 0.2) is 24.3 Å². The van der Waals surface area contributed by atoms with Crippen LogP contribution in [0, 0.1) is 11.7 Å². The van der Waals surface area contributed by atoms with Gasteiger partial charge in [-0.3, -0.25) is 0 Å². The van der Waals surface area contributed by atoms with Gasteiger partial charge in [0.15, 0.2) is 0 Å². The highest BCUT2D eigenvalue weighted by atomic mass is 79.9. The predicted octanol–water partition coefficient (Wildman–Crippen LogP) is 4.57. The fourth-order valence-corrected chi connectivity index (χ4v) is 2.13. The van der Waals surface area contributed by atoms with E-state index in [0.29, 0.717) is 10.7 Å². The number of halogens is 2. The standard InChI is InChI=1S/C13H18BrF/c1-10(2)7-8-12(14)9-11-5-3-4-6-13(11)15/h3-6,10,12H,7-9H2,1-2H3.